The summed E-state index contributed by atoms with van der Waals surface area (Å²) in [6, 6.07) is 13.0. The number of rotatable bonds is 3. The minimum Gasteiger partial charge on any atom is -0.381 e. The van der Waals surface area contributed by atoms with Crippen molar-refractivity contribution in [2.24, 2.45) is 0 Å². The molecule has 0 aliphatic carbocycles. The van der Waals surface area contributed by atoms with E-state index in [4.69, 9.17) is 0 Å². The summed E-state index contributed by atoms with van der Waals surface area (Å²) in [7, 11) is 0. The van der Waals surface area contributed by atoms with E-state index in [9.17, 15) is 4.39 Å². The number of benzene rings is 2. The third-order valence-corrected chi connectivity index (χ3v) is 3.43. The molecule has 0 saturated carbocycles. The number of nitrogens with zero attached hydrogens (tertiary/aromatic N) is 1. The summed E-state index contributed by atoms with van der Waals surface area (Å²) in [6.45, 7) is 2.60. The van der Waals surface area contributed by atoms with E-state index >= 15 is 0 Å². The van der Waals surface area contributed by atoms with E-state index in [1.807, 2.05) is 25.3 Å². The zero-order chi connectivity index (χ0) is 13.9. The maximum Gasteiger partial charge on any atom is 0.123 e. The first-order chi connectivity index (χ1) is 9.74. The van der Waals surface area contributed by atoms with Crippen LogP contribution in [0.2, 0.25) is 0 Å². The van der Waals surface area contributed by atoms with Crippen molar-refractivity contribution >= 4 is 16.5 Å². The van der Waals surface area contributed by atoms with E-state index < -0.39 is 0 Å². The number of pyridine rings is 1. The third-order valence-electron chi connectivity index (χ3n) is 3.43. The minimum absolute atomic E-state index is 0.204. The molecule has 1 N–H and O–H groups in total. The molecule has 2 aromatic carbocycles. The van der Waals surface area contributed by atoms with E-state index in [0.29, 0.717) is 6.54 Å². The highest BCUT2D eigenvalue weighted by Crippen LogP contribution is 2.20. The molecule has 0 fully saturated rings. The molecule has 3 rings (SSSR count). The fourth-order valence-corrected chi connectivity index (χ4v) is 2.36. The van der Waals surface area contributed by atoms with Crippen LogP contribution in [0.5, 0.6) is 0 Å². The Morgan fingerprint density at radius 3 is 2.90 bits per heavy atom. The van der Waals surface area contributed by atoms with Crippen LogP contribution < -0.4 is 5.32 Å². The summed E-state index contributed by atoms with van der Waals surface area (Å²) in [4.78, 5) is 4.13. The Kier molecular flexibility index (Phi) is 3.33. The molecule has 1 aromatic heterocycles. The van der Waals surface area contributed by atoms with Gasteiger partial charge in [0.2, 0.25) is 0 Å². The Bertz CT molecular complexity index is 748. The van der Waals surface area contributed by atoms with Gasteiger partial charge in [-0.3, -0.25) is 4.98 Å². The molecule has 0 bridgehead atoms. The molecule has 0 aliphatic rings. The van der Waals surface area contributed by atoms with Crippen molar-refractivity contribution in [3.63, 3.8) is 0 Å². The zero-order valence-corrected chi connectivity index (χ0v) is 11.2. The Labute approximate surface area is 117 Å². The average molecular weight is 266 g/mol. The maximum atomic E-state index is 13.1. The number of aryl methyl sites for hydroxylation is 1. The lowest BCUT2D eigenvalue weighted by atomic mass is 10.1. The molecule has 2 nitrogen and oxygen atoms in total. The molecule has 0 atom stereocenters. The molecule has 3 heteroatoms. The number of fused-ring (bicyclic) bond motifs is 1. The van der Waals surface area contributed by atoms with Crippen molar-refractivity contribution in [3.8, 4) is 0 Å². The molecule has 0 unspecified atom stereocenters. The molecule has 20 heavy (non-hydrogen) atoms. The van der Waals surface area contributed by atoms with Gasteiger partial charge in [0.05, 0.1) is 0 Å². The first-order valence-corrected chi connectivity index (χ1v) is 6.56. The van der Waals surface area contributed by atoms with Gasteiger partial charge < -0.3 is 5.32 Å². The Hall–Kier alpha value is -2.42. The van der Waals surface area contributed by atoms with E-state index in [1.54, 1.807) is 12.3 Å². The largest absolute Gasteiger partial charge is 0.381 e. The van der Waals surface area contributed by atoms with Gasteiger partial charge in [0.15, 0.2) is 0 Å². The van der Waals surface area contributed by atoms with Gasteiger partial charge >= 0.3 is 0 Å². The quantitative estimate of drug-likeness (QED) is 0.764. The Balaban J connectivity index is 1.87. The predicted octanol–water partition coefficient (Wildman–Crippen LogP) is 4.29. The monoisotopic (exact) mass is 266 g/mol. The van der Waals surface area contributed by atoms with Crippen LogP contribution in [-0.2, 0) is 6.54 Å². The summed E-state index contributed by atoms with van der Waals surface area (Å²) in [6.07, 6.45) is 3.66. The smallest absolute Gasteiger partial charge is 0.123 e. The summed E-state index contributed by atoms with van der Waals surface area (Å²) >= 11 is 0. The van der Waals surface area contributed by atoms with Gasteiger partial charge in [0, 0.05) is 30.0 Å². The molecule has 3 aromatic rings. The average Bonchev–Trinajstić information content (AvgIpc) is 2.46. The minimum atomic E-state index is -0.204. The van der Waals surface area contributed by atoms with Crippen molar-refractivity contribution < 1.29 is 4.39 Å². The summed E-state index contributed by atoms with van der Waals surface area (Å²) < 4.78 is 13.1. The van der Waals surface area contributed by atoms with Gasteiger partial charge in [-0.25, -0.2) is 4.39 Å². The van der Waals surface area contributed by atoms with Crippen molar-refractivity contribution in [3.05, 3.63) is 71.8 Å². The van der Waals surface area contributed by atoms with Crippen molar-refractivity contribution in [2.45, 2.75) is 13.5 Å². The lowest BCUT2D eigenvalue weighted by Gasteiger charge is -2.11. The molecule has 100 valence electrons. The van der Waals surface area contributed by atoms with Crippen LogP contribution in [0, 0.1) is 12.7 Å². The van der Waals surface area contributed by atoms with E-state index in [-0.39, 0.29) is 5.82 Å². The van der Waals surface area contributed by atoms with Gasteiger partial charge in [-0.2, -0.15) is 0 Å². The SMILES string of the molecule is Cc1cc(F)ccc1NCc1cccc2cnccc12. The van der Waals surface area contributed by atoms with Crippen LogP contribution in [0.1, 0.15) is 11.1 Å². The fourth-order valence-electron chi connectivity index (χ4n) is 2.36. The molecule has 0 saturated heterocycles. The van der Waals surface area contributed by atoms with Crippen LogP contribution in [0.3, 0.4) is 0 Å². The second-order valence-electron chi connectivity index (χ2n) is 4.83. The van der Waals surface area contributed by atoms with E-state index in [0.717, 1.165) is 16.6 Å². The van der Waals surface area contributed by atoms with Crippen molar-refractivity contribution in [2.75, 3.05) is 5.32 Å². The second kappa shape index (κ2) is 5.29. The van der Waals surface area contributed by atoms with Crippen molar-refractivity contribution in [1.82, 2.24) is 4.98 Å². The molecule has 0 aliphatic heterocycles. The molecular formula is C17H15FN2. The Morgan fingerprint density at radius 1 is 1.15 bits per heavy atom. The number of anilines is 1. The highest BCUT2D eigenvalue weighted by Gasteiger charge is 2.03. The van der Waals surface area contributed by atoms with Gasteiger partial charge in [-0.1, -0.05) is 18.2 Å². The number of halogens is 1. The number of hydrogen-bond acceptors (Lipinski definition) is 2. The van der Waals surface area contributed by atoms with Crippen LogP contribution >= 0.6 is 0 Å². The van der Waals surface area contributed by atoms with Gasteiger partial charge in [0.1, 0.15) is 5.82 Å². The fraction of sp³-hybridized carbons (Fsp3) is 0.118. The molecular weight excluding hydrogens is 251 g/mol. The van der Waals surface area contributed by atoms with E-state index in [1.165, 1.54) is 23.1 Å². The maximum absolute atomic E-state index is 13.1. The van der Waals surface area contributed by atoms with Gasteiger partial charge in [-0.15, -0.1) is 0 Å². The number of nitrogens with one attached hydrogen (secondary N) is 1. The second-order valence-corrected chi connectivity index (χ2v) is 4.83. The highest BCUT2D eigenvalue weighted by atomic mass is 19.1. The summed E-state index contributed by atoms with van der Waals surface area (Å²) in [5, 5.41) is 5.68. The lowest BCUT2D eigenvalue weighted by Crippen LogP contribution is -2.02. The van der Waals surface area contributed by atoms with Crippen LogP contribution in [-0.4, -0.2) is 4.98 Å². The van der Waals surface area contributed by atoms with Crippen molar-refractivity contribution in [1.29, 1.82) is 0 Å². The summed E-state index contributed by atoms with van der Waals surface area (Å²) in [5.41, 5.74) is 3.07. The normalized spacial score (nSPS) is 10.7. The van der Waals surface area contributed by atoms with Crippen LogP contribution in [0.15, 0.2) is 54.9 Å². The first kappa shape index (κ1) is 12.6. The van der Waals surface area contributed by atoms with Gasteiger partial charge in [-0.05, 0) is 47.7 Å². The molecule has 0 spiro atoms. The lowest BCUT2D eigenvalue weighted by molar-refractivity contribution is 0.627. The summed E-state index contributed by atoms with van der Waals surface area (Å²) in [5.74, 6) is -0.204. The third kappa shape index (κ3) is 2.48. The molecule has 1 heterocycles. The molecule has 0 radical (unpaired) electrons. The van der Waals surface area contributed by atoms with E-state index in [2.05, 4.69) is 22.4 Å². The van der Waals surface area contributed by atoms with Crippen LogP contribution in [0.4, 0.5) is 10.1 Å². The Morgan fingerprint density at radius 2 is 2.05 bits per heavy atom. The molecule has 0 amide bonds. The van der Waals surface area contributed by atoms with Gasteiger partial charge in [0.25, 0.3) is 0 Å². The number of aromatic nitrogens is 1. The number of hydrogen-bond donors (Lipinski definition) is 1. The first-order valence-electron chi connectivity index (χ1n) is 6.56. The standard InChI is InChI=1S/C17H15FN2/c1-12-9-15(18)5-6-17(12)20-11-14-4-2-3-13-10-19-8-7-16(13)14/h2-10,20H,11H2,1H3. The zero-order valence-electron chi connectivity index (χ0n) is 11.2. The predicted molar refractivity (Wildman–Crippen MR) is 80.2 cm³/mol. The van der Waals surface area contributed by atoms with Crippen LogP contribution in [0.25, 0.3) is 10.8 Å². The highest BCUT2D eigenvalue weighted by molar-refractivity contribution is 5.84. The topological polar surface area (TPSA) is 24.9 Å².